The molecule has 7 heteroatoms. The van der Waals surface area contributed by atoms with Crippen molar-refractivity contribution in [1.82, 2.24) is 0 Å². The van der Waals surface area contributed by atoms with Crippen molar-refractivity contribution in [3.63, 3.8) is 0 Å². The van der Waals surface area contributed by atoms with Crippen molar-refractivity contribution in [2.45, 2.75) is 32.4 Å². The molecule has 0 unspecified atom stereocenters. The normalized spacial score (nSPS) is 12.1. The molecule has 6 nitrogen and oxygen atoms in total. The van der Waals surface area contributed by atoms with Gasteiger partial charge >= 0.3 is 12.1 Å². The summed E-state index contributed by atoms with van der Waals surface area (Å²) in [7, 11) is 2.75. The van der Waals surface area contributed by atoms with Gasteiger partial charge in [0.2, 0.25) is 0 Å². The van der Waals surface area contributed by atoms with Crippen LogP contribution in [0.4, 0.5) is 14.9 Å². The van der Waals surface area contributed by atoms with Crippen molar-refractivity contribution in [1.29, 1.82) is 0 Å². The molecule has 0 aromatic heterocycles. The van der Waals surface area contributed by atoms with E-state index in [9.17, 15) is 14.0 Å². The second-order valence-corrected chi connectivity index (χ2v) is 7.03. The molecular formula is C21H24FNO5. The smallest absolute Gasteiger partial charge is 0.415 e. The van der Waals surface area contributed by atoms with E-state index in [0.717, 1.165) is 0 Å². The van der Waals surface area contributed by atoms with Crippen LogP contribution in [0.2, 0.25) is 0 Å². The number of hydrogen-bond donors (Lipinski definition) is 0. The maximum Gasteiger partial charge on any atom is 0.415 e. The molecular weight excluding hydrogens is 365 g/mol. The highest BCUT2D eigenvalue weighted by Crippen LogP contribution is 2.31. The Morgan fingerprint density at radius 1 is 0.964 bits per heavy atom. The molecule has 1 atom stereocenters. The minimum Gasteiger partial charge on any atom is -0.497 e. The number of anilines is 1. The van der Waals surface area contributed by atoms with Gasteiger partial charge < -0.3 is 14.2 Å². The van der Waals surface area contributed by atoms with E-state index in [2.05, 4.69) is 0 Å². The van der Waals surface area contributed by atoms with Gasteiger partial charge in [0.1, 0.15) is 17.2 Å². The van der Waals surface area contributed by atoms with Gasteiger partial charge in [-0.3, -0.25) is 4.90 Å². The van der Waals surface area contributed by atoms with Crippen LogP contribution in [0.15, 0.2) is 48.5 Å². The lowest BCUT2D eigenvalue weighted by atomic mass is 10.0. The van der Waals surface area contributed by atoms with E-state index < -0.39 is 29.5 Å². The van der Waals surface area contributed by atoms with E-state index in [-0.39, 0.29) is 0 Å². The van der Waals surface area contributed by atoms with Crippen LogP contribution in [0, 0.1) is 5.82 Å². The van der Waals surface area contributed by atoms with E-state index in [0.29, 0.717) is 17.0 Å². The Morgan fingerprint density at radius 3 is 2.00 bits per heavy atom. The van der Waals surface area contributed by atoms with Crippen LogP contribution in [0.5, 0.6) is 5.75 Å². The molecule has 0 aliphatic heterocycles. The van der Waals surface area contributed by atoms with E-state index in [4.69, 9.17) is 14.2 Å². The van der Waals surface area contributed by atoms with E-state index in [1.807, 2.05) is 0 Å². The Morgan fingerprint density at radius 2 is 1.54 bits per heavy atom. The Balaban J connectivity index is 2.58. The molecule has 0 aliphatic rings. The van der Waals surface area contributed by atoms with Crippen LogP contribution >= 0.6 is 0 Å². The molecule has 0 N–H and O–H groups in total. The van der Waals surface area contributed by atoms with E-state index in [1.54, 1.807) is 45.0 Å². The van der Waals surface area contributed by atoms with Crippen LogP contribution < -0.4 is 9.64 Å². The molecule has 150 valence electrons. The Hall–Kier alpha value is -3.09. The van der Waals surface area contributed by atoms with Crippen molar-refractivity contribution in [3.05, 3.63) is 59.9 Å². The lowest BCUT2D eigenvalue weighted by molar-refractivity contribution is -0.142. The first-order chi connectivity index (χ1) is 13.2. The molecule has 0 spiro atoms. The molecule has 0 aliphatic carbocycles. The Kier molecular flexibility index (Phi) is 6.62. The summed E-state index contributed by atoms with van der Waals surface area (Å²) in [5.41, 5.74) is -0.00431. The maximum absolute atomic E-state index is 13.4. The van der Waals surface area contributed by atoms with Crippen molar-refractivity contribution < 1.29 is 28.2 Å². The maximum atomic E-state index is 13.4. The highest BCUT2D eigenvalue weighted by atomic mass is 19.1. The molecule has 0 saturated heterocycles. The number of ether oxygens (including phenoxy) is 3. The second-order valence-electron chi connectivity index (χ2n) is 7.03. The van der Waals surface area contributed by atoms with Crippen LogP contribution in [0.3, 0.4) is 0 Å². The SMILES string of the molecule is COC(=O)[C@@H](c1ccc(F)cc1)N(C(=O)OC(C)(C)C)c1ccc(OC)cc1. The second kappa shape index (κ2) is 8.73. The molecule has 2 aromatic carbocycles. The summed E-state index contributed by atoms with van der Waals surface area (Å²) in [6.45, 7) is 5.17. The summed E-state index contributed by atoms with van der Waals surface area (Å²) in [5.74, 6) is -0.557. The highest BCUT2D eigenvalue weighted by Gasteiger charge is 2.36. The molecule has 0 fully saturated rings. The first-order valence-corrected chi connectivity index (χ1v) is 8.66. The van der Waals surface area contributed by atoms with E-state index in [1.165, 1.54) is 43.4 Å². The fourth-order valence-corrected chi connectivity index (χ4v) is 2.56. The van der Waals surface area contributed by atoms with Crippen molar-refractivity contribution >= 4 is 17.7 Å². The Labute approximate surface area is 163 Å². The summed E-state index contributed by atoms with van der Waals surface area (Å²) < 4.78 is 29.0. The lowest BCUT2D eigenvalue weighted by Crippen LogP contribution is -2.42. The van der Waals surface area contributed by atoms with Crippen LogP contribution in [-0.2, 0) is 14.3 Å². The molecule has 0 radical (unpaired) electrons. The largest absolute Gasteiger partial charge is 0.497 e. The first kappa shape index (κ1) is 21.2. The first-order valence-electron chi connectivity index (χ1n) is 8.66. The van der Waals surface area contributed by atoms with Gasteiger partial charge in [-0.2, -0.15) is 0 Å². The molecule has 0 bridgehead atoms. The number of rotatable bonds is 5. The molecule has 1 amide bonds. The number of methoxy groups -OCH3 is 2. The summed E-state index contributed by atoms with van der Waals surface area (Å²) in [5, 5.41) is 0. The predicted molar refractivity (Wildman–Crippen MR) is 103 cm³/mol. The minimum absolute atomic E-state index is 0.384. The van der Waals surface area contributed by atoms with Gasteiger partial charge in [0.25, 0.3) is 0 Å². The third-order valence-electron chi connectivity index (χ3n) is 3.81. The van der Waals surface area contributed by atoms with Crippen LogP contribution in [0.25, 0.3) is 0 Å². The number of carbonyl (C=O) groups is 2. The topological polar surface area (TPSA) is 65.1 Å². The quantitative estimate of drug-likeness (QED) is 0.705. The molecule has 2 aromatic rings. The lowest BCUT2D eigenvalue weighted by Gasteiger charge is -2.32. The third kappa shape index (κ3) is 5.22. The van der Waals surface area contributed by atoms with Gasteiger partial charge in [0.15, 0.2) is 6.04 Å². The number of hydrogen-bond acceptors (Lipinski definition) is 5. The van der Waals surface area contributed by atoms with Gasteiger partial charge in [-0.05, 0) is 62.7 Å². The van der Waals surface area contributed by atoms with Crippen molar-refractivity contribution in [2.75, 3.05) is 19.1 Å². The average Bonchev–Trinajstić information content (AvgIpc) is 2.65. The Bertz CT molecular complexity index is 812. The number of nitrogens with zero attached hydrogens (tertiary/aromatic N) is 1. The van der Waals surface area contributed by atoms with Crippen LogP contribution in [-0.4, -0.2) is 31.9 Å². The number of amides is 1. The summed E-state index contributed by atoms with van der Waals surface area (Å²) >= 11 is 0. The highest BCUT2D eigenvalue weighted by molar-refractivity contribution is 5.96. The average molecular weight is 389 g/mol. The number of benzene rings is 2. The zero-order chi connectivity index (χ0) is 20.9. The van der Waals surface area contributed by atoms with Gasteiger partial charge in [-0.25, -0.2) is 14.0 Å². The van der Waals surface area contributed by atoms with Gasteiger partial charge in [-0.1, -0.05) is 12.1 Å². The number of carbonyl (C=O) groups excluding carboxylic acids is 2. The number of esters is 1. The zero-order valence-corrected chi connectivity index (χ0v) is 16.6. The number of halogens is 1. The predicted octanol–water partition coefficient (Wildman–Crippen LogP) is 4.49. The molecule has 0 heterocycles. The van der Waals surface area contributed by atoms with Gasteiger partial charge in [0, 0.05) is 5.69 Å². The summed E-state index contributed by atoms with van der Waals surface area (Å²) in [4.78, 5) is 26.8. The molecule has 0 saturated carbocycles. The molecule has 2 rings (SSSR count). The third-order valence-corrected chi connectivity index (χ3v) is 3.81. The zero-order valence-electron chi connectivity index (χ0n) is 16.6. The van der Waals surface area contributed by atoms with Crippen LogP contribution in [0.1, 0.15) is 32.4 Å². The minimum atomic E-state index is -1.16. The summed E-state index contributed by atoms with van der Waals surface area (Å²) in [6.07, 6.45) is -0.739. The van der Waals surface area contributed by atoms with Gasteiger partial charge in [-0.15, -0.1) is 0 Å². The fourth-order valence-electron chi connectivity index (χ4n) is 2.56. The van der Waals surface area contributed by atoms with Gasteiger partial charge in [0.05, 0.1) is 14.2 Å². The van der Waals surface area contributed by atoms with E-state index >= 15 is 0 Å². The summed E-state index contributed by atoms with van der Waals surface area (Å²) in [6, 6.07) is 10.7. The monoisotopic (exact) mass is 389 g/mol. The molecule has 28 heavy (non-hydrogen) atoms. The van der Waals surface area contributed by atoms with Crippen molar-refractivity contribution in [2.24, 2.45) is 0 Å². The fraction of sp³-hybridized carbons (Fsp3) is 0.333. The standard InChI is InChI=1S/C21H24FNO5/c1-21(2,3)28-20(25)23(16-10-12-17(26-4)13-11-16)18(19(24)27-5)14-6-8-15(22)9-7-14/h6-13,18H,1-5H3/t18-/m1/s1. The van der Waals surface area contributed by atoms with Crippen molar-refractivity contribution in [3.8, 4) is 5.75 Å².